The van der Waals surface area contributed by atoms with E-state index < -0.39 is 0 Å². The van der Waals surface area contributed by atoms with E-state index in [4.69, 9.17) is 4.74 Å². The summed E-state index contributed by atoms with van der Waals surface area (Å²) in [4.78, 5) is 24.7. The van der Waals surface area contributed by atoms with Gasteiger partial charge in [-0.2, -0.15) is 0 Å². The Balaban J connectivity index is 1.47. The molecule has 1 aromatic rings. The van der Waals surface area contributed by atoms with Crippen LogP contribution in [-0.4, -0.2) is 77.1 Å². The van der Waals surface area contributed by atoms with Crippen molar-refractivity contribution in [3.8, 4) is 0 Å². The maximum Gasteiger partial charge on any atom is 0.226 e. The summed E-state index contributed by atoms with van der Waals surface area (Å²) in [6, 6.07) is 6.13. The van der Waals surface area contributed by atoms with E-state index in [9.17, 15) is 4.79 Å². The molecule has 2 aliphatic heterocycles. The van der Waals surface area contributed by atoms with Crippen molar-refractivity contribution >= 4 is 5.91 Å². The van der Waals surface area contributed by atoms with Crippen molar-refractivity contribution in [2.24, 2.45) is 5.92 Å². The molecule has 1 unspecified atom stereocenters. The summed E-state index contributed by atoms with van der Waals surface area (Å²) < 4.78 is 5.77. The van der Waals surface area contributed by atoms with Gasteiger partial charge in [-0.05, 0) is 43.4 Å². The van der Waals surface area contributed by atoms with Crippen molar-refractivity contribution < 1.29 is 9.53 Å². The predicted molar refractivity (Wildman–Crippen MR) is 127 cm³/mol. The van der Waals surface area contributed by atoms with Gasteiger partial charge in [0, 0.05) is 76.3 Å². The van der Waals surface area contributed by atoms with E-state index >= 15 is 0 Å². The number of rotatable bonds is 7. The summed E-state index contributed by atoms with van der Waals surface area (Å²) >= 11 is 0. The van der Waals surface area contributed by atoms with Gasteiger partial charge in [0.1, 0.15) is 0 Å². The second kappa shape index (κ2) is 10.7. The molecule has 1 amide bonds. The lowest BCUT2D eigenvalue weighted by atomic mass is 9.85. The maximum absolute atomic E-state index is 13.0. The Morgan fingerprint density at radius 3 is 2.62 bits per heavy atom. The second-order valence-corrected chi connectivity index (χ2v) is 9.46. The highest BCUT2D eigenvalue weighted by atomic mass is 16.5. The van der Waals surface area contributed by atoms with Crippen molar-refractivity contribution in [1.82, 2.24) is 19.7 Å². The number of allylic oxidation sites excluding steroid dienone is 3. The van der Waals surface area contributed by atoms with Gasteiger partial charge in [0.15, 0.2) is 0 Å². The van der Waals surface area contributed by atoms with Crippen LogP contribution in [0.4, 0.5) is 0 Å². The minimum Gasteiger partial charge on any atom is -0.381 e. The number of carbonyl (C=O) groups is 1. The second-order valence-electron chi connectivity index (χ2n) is 9.46. The smallest absolute Gasteiger partial charge is 0.226 e. The van der Waals surface area contributed by atoms with Crippen molar-refractivity contribution in [1.29, 1.82) is 0 Å². The van der Waals surface area contributed by atoms with Crippen molar-refractivity contribution in [3.05, 3.63) is 54.0 Å². The van der Waals surface area contributed by atoms with Crippen LogP contribution in [0.5, 0.6) is 0 Å². The number of pyridine rings is 1. The fraction of sp³-hybridized carbons (Fsp3) is 0.615. The minimum absolute atomic E-state index is 0.0160. The standard InChI is InChI=1S/C26H38N4O2/c1-3-25(31)30(24-9-7-22(2)8-10-24)21-26(11-18-32-19-12-26)29-16-14-28(15-17-29)20-23-6-4-5-13-27-23/h4-7,9-10,13,22H,3,8,11-12,14-21H2,1-2H3. The first-order chi connectivity index (χ1) is 15.6. The summed E-state index contributed by atoms with van der Waals surface area (Å²) in [5, 5.41) is 0. The van der Waals surface area contributed by atoms with Gasteiger partial charge in [0.2, 0.25) is 5.91 Å². The molecular formula is C26H38N4O2. The Morgan fingerprint density at radius 1 is 1.22 bits per heavy atom. The van der Waals surface area contributed by atoms with E-state index in [1.807, 2.05) is 19.2 Å². The minimum atomic E-state index is -0.0160. The van der Waals surface area contributed by atoms with Crippen LogP contribution in [0.15, 0.2) is 48.3 Å². The normalized spacial score (nSPS) is 24.2. The molecule has 0 spiro atoms. The van der Waals surface area contributed by atoms with Gasteiger partial charge in [-0.25, -0.2) is 0 Å². The molecule has 174 valence electrons. The summed E-state index contributed by atoms with van der Waals surface area (Å²) in [6.45, 7) is 11.5. The quantitative estimate of drug-likeness (QED) is 0.653. The Labute approximate surface area is 192 Å². The van der Waals surface area contributed by atoms with Gasteiger partial charge in [0.25, 0.3) is 0 Å². The van der Waals surface area contributed by atoms with E-state index in [2.05, 4.69) is 57.0 Å². The summed E-state index contributed by atoms with van der Waals surface area (Å²) in [5.41, 5.74) is 2.19. The van der Waals surface area contributed by atoms with Crippen LogP contribution < -0.4 is 0 Å². The lowest BCUT2D eigenvalue weighted by Gasteiger charge is -2.51. The molecule has 3 aliphatic rings. The Bertz CT molecular complexity index is 808. The molecule has 0 N–H and O–H groups in total. The predicted octanol–water partition coefficient (Wildman–Crippen LogP) is 3.47. The molecular weight excluding hydrogens is 400 g/mol. The number of piperazine rings is 1. The number of aromatic nitrogens is 1. The Kier molecular flexibility index (Phi) is 7.76. The highest BCUT2D eigenvalue weighted by Crippen LogP contribution is 2.33. The number of ether oxygens (including phenoxy) is 1. The third-order valence-corrected chi connectivity index (χ3v) is 7.24. The van der Waals surface area contributed by atoms with Crippen molar-refractivity contribution in [2.75, 3.05) is 45.9 Å². The third-order valence-electron chi connectivity index (χ3n) is 7.24. The first-order valence-corrected chi connectivity index (χ1v) is 12.2. The SMILES string of the molecule is CCC(=O)N(CC1(N2CCN(Cc3ccccn3)CC2)CCOCC1)C1=CCC(C)C=C1. The number of carbonyl (C=O) groups excluding carboxylic acids is 1. The molecule has 32 heavy (non-hydrogen) atoms. The van der Waals surface area contributed by atoms with Crippen LogP contribution in [0.1, 0.15) is 45.2 Å². The molecule has 6 nitrogen and oxygen atoms in total. The first kappa shape index (κ1) is 23.1. The summed E-state index contributed by atoms with van der Waals surface area (Å²) in [5.74, 6) is 0.761. The Hall–Kier alpha value is -2.02. The van der Waals surface area contributed by atoms with Crippen LogP contribution in [0.3, 0.4) is 0 Å². The summed E-state index contributed by atoms with van der Waals surface area (Å²) in [6.07, 6.45) is 12.0. The zero-order chi connectivity index (χ0) is 22.4. The molecule has 0 bridgehead atoms. The molecule has 4 rings (SSSR count). The largest absolute Gasteiger partial charge is 0.381 e. The molecule has 0 radical (unpaired) electrons. The van der Waals surface area contributed by atoms with E-state index in [0.29, 0.717) is 12.3 Å². The first-order valence-electron chi connectivity index (χ1n) is 12.2. The molecule has 3 heterocycles. The number of hydrogen-bond donors (Lipinski definition) is 0. The molecule has 2 saturated heterocycles. The van der Waals surface area contributed by atoms with Crippen LogP contribution >= 0.6 is 0 Å². The van der Waals surface area contributed by atoms with E-state index in [1.54, 1.807) is 0 Å². The fourth-order valence-electron chi connectivity index (χ4n) is 5.15. The fourth-order valence-corrected chi connectivity index (χ4v) is 5.15. The zero-order valence-electron chi connectivity index (χ0n) is 19.7. The molecule has 0 aromatic carbocycles. The summed E-state index contributed by atoms with van der Waals surface area (Å²) in [7, 11) is 0. The molecule has 2 fully saturated rings. The van der Waals surface area contributed by atoms with Gasteiger partial charge in [-0.3, -0.25) is 19.6 Å². The number of amides is 1. The monoisotopic (exact) mass is 438 g/mol. The van der Waals surface area contributed by atoms with E-state index in [0.717, 1.165) is 83.1 Å². The molecule has 0 saturated carbocycles. The Morgan fingerprint density at radius 2 is 2.00 bits per heavy atom. The molecule has 6 heteroatoms. The third kappa shape index (κ3) is 5.48. The van der Waals surface area contributed by atoms with Gasteiger partial charge in [0.05, 0.1) is 5.69 Å². The van der Waals surface area contributed by atoms with E-state index in [1.165, 1.54) is 0 Å². The van der Waals surface area contributed by atoms with Crippen molar-refractivity contribution in [2.45, 2.75) is 51.6 Å². The number of nitrogens with zero attached hydrogens (tertiary/aromatic N) is 4. The average Bonchev–Trinajstić information content (AvgIpc) is 2.84. The maximum atomic E-state index is 13.0. The number of hydrogen-bond acceptors (Lipinski definition) is 5. The van der Waals surface area contributed by atoms with E-state index in [-0.39, 0.29) is 11.4 Å². The lowest BCUT2D eigenvalue weighted by molar-refractivity contribution is -0.133. The van der Waals surface area contributed by atoms with Gasteiger partial charge in [-0.1, -0.05) is 32.1 Å². The molecule has 1 aromatic heterocycles. The van der Waals surface area contributed by atoms with Crippen LogP contribution in [0, 0.1) is 5.92 Å². The highest BCUT2D eigenvalue weighted by Gasteiger charge is 2.42. The van der Waals surface area contributed by atoms with Crippen LogP contribution in [-0.2, 0) is 16.1 Å². The van der Waals surface area contributed by atoms with Gasteiger partial charge < -0.3 is 9.64 Å². The average molecular weight is 439 g/mol. The molecule has 1 aliphatic carbocycles. The lowest BCUT2D eigenvalue weighted by Crippen LogP contribution is -2.63. The van der Waals surface area contributed by atoms with Gasteiger partial charge >= 0.3 is 0 Å². The van der Waals surface area contributed by atoms with Gasteiger partial charge in [-0.15, -0.1) is 0 Å². The van der Waals surface area contributed by atoms with Crippen LogP contribution in [0.2, 0.25) is 0 Å². The topological polar surface area (TPSA) is 48.9 Å². The van der Waals surface area contributed by atoms with Crippen LogP contribution in [0.25, 0.3) is 0 Å². The molecule has 1 atom stereocenters. The zero-order valence-corrected chi connectivity index (χ0v) is 19.7. The van der Waals surface area contributed by atoms with Crippen molar-refractivity contribution in [3.63, 3.8) is 0 Å². The highest BCUT2D eigenvalue weighted by molar-refractivity contribution is 5.78.